The van der Waals surface area contributed by atoms with Gasteiger partial charge in [-0.15, -0.1) is 0 Å². The number of nitrogens with zero attached hydrogens (tertiary/aromatic N) is 2. The Morgan fingerprint density at radius 2 is 2.00 bits per heavy atom. The second-order valence-electron chi connectivity index (χ2n) is 6.15. The number of methoxy groups -OCH3 is 1. The minimum absolute atomic E-state index is 0.219. The number of benzene rings is 1. The second-order valence-corrected chi connectivity index (χ2v) is 6.15. The summed E-state index contributed by atoms with van der Waals surface area (Å²) in [6.45, 7) is 5.52. The van der Waals surface area contributed by atoms with E-state index in [9.17, 15) is 4.39 Å². The van der Waals surface area contributed by atoms with Crippen molar-refractivity contribution in [2.75, 3.05) is 40.5 Å². The molecule has 1 fully saturated rings. The molecule has 1 aromatic carbocycles. The lowest BCUT2D eigenvalue weighted by atomic mass is 9.94. The maximum atomic E-state index is 13.0. The molecule has 1 aliphatic heterocycles. The van der Waals surface area contributed by atoms with Crippen LogP contribution >= 0.6 is 0 Å². The van der Waals surface area contributed by atoms with Gasteiger partial charge in [-0.05, 0) is 24.6 Å². The molecule has 0 aromatic heterocycles. The van der Waals surface area contributed by atoms with Crippen LogP contribution in [0.5, 0.6) is 0 Å². The largest absolute Gasteiger partial charge is 0.381 e. The molecule has 0 unspecified atom stereocenters. The summed E-state index contributed by atoms with van der Waals surface area (Å²) in [5.41, 5.74) is 0.798. The average Bonchev–Trinajstić information content (AvgIpc) is 2.61. The minimum atomic E-state index is -0.240. The van der Waals surface area contributed by atoms with E-state index in [1.807, 2.05) is 18.9 Å². The summed E-state index contributed by atoms with van der Waals surface area (Å²) in [4.78, 5) is 6.81. The number of halogens is 1. The van der Waals surface area contributed by atoms with Crippen LogP contribution in [0.2, 0.25) is 0 Å². The summed E-state index contributed by atoms with van der Waals surface area (Å²) in [6, 6.07) is 6.55. The lowest BCUT2D eigenvalue weighted by Crippen LogP contribution is -2.44. The minimum Gasteiger partial charge on any atom is -0.381 e. The lowest BCUT2D eigenvalue weighted by Gasteiger charge is -2.35. The van der Waals surface area contributed by atoms with Gasteiger partial charge < -0.3 is 19.7 Å². The van der Waals surface area contributed by atoms with Crippen molar-refractivity contribution in [1.82, 2.24) is 10.2 Å². The SMILES string of the molecule is CCNC(=NCC1(OC)CCOCC1)N(C)Cc1ccc(F)cc1. The average molecular weight is 337 g/mol. The zero-order valence-corrected chi connectivity index (χ0v) is 14.8. The second kappa shape index (κ2) is 8.99. The number of ether oxygens (including phenoxy) is 2. The first-order valence-corrected chi connectivity index (χ1v) is 8.45. The highest BCUT2D eigenvalue weighted by molar-refractivity contribution is 5.79. The summed E-state index contributed by atoms with van der Waals surface area (Å²) in [7, 11) is 3.73. The van der Waals surface area contributed by atoms with Gasteiger partial charge in [-0.25, -0.2) is 4.39 Å². The molecule has 1 aliphatic rings. The molecule has 6 heteroatoms. The van der Waals surface area contributed by atoms with E-state index in [4.69, 9.17) is 14.5 Å². The van der Waals surface area contributed by atoms with Crippen LogP contribution in [-0.2, 0) is 16.0 Å². The number of hydrogen-bond donors (Lipinski definition) is 1. The van der Waals surface area contributed by atoms with E-state index in [-0.39, 0.29) is 11.4 Å². The van der Waals surface area contributed by atoms with E-state index in [1.54, 1.807) is 19.2 Å². The molecule has 2 rings (SSSR count). The van der Waals surface area contributed by atoms with Gasteiger partial charge in [0.1, 0.15) is 5.82 Å². The highest BCUT2D eigenvalue weighted by Gasteiger charge is 2.32. The van der Waals surface area contributed by atoms with E-state index in [1.165, 1.54) is 12.1 Å². The molecule has 134 valence electrons. The summed E-state index contributed by atoms with van der Waals surface area (Å²) in [6.07, 6.45) is 1.71. The predicted octanol–water partition coefficient (Wildman–Crippen LogP) is 2.42. The lowest BCUT2D eigenvalue weighted by molar-refractivity contribution is -0.0829. The molecule has 0 radical (unpaired) electrons. The number of guanidine groups is 1. The maximum absolute atomic E-state index is 13.0. The van der Waals surface area contributed by atoms with E-state index in [0.29, 0.717) is 26.3 Å². The molecule has 0 aliphatic carbocycles. The van der Waals surface area contributed by atoms with Crippen molar-refractivity contribution < 1.29 is 13.9 Å². The Kier molecular flexibility index (Phi) is 6.99. The van der Waals surface area contributed by atoms with Gasteiger partial charge in [0, 0.05) is 53.3 Å². The van der Waals surface area contributed by atoms with Crippen molar-refractivity contribution in [2.45, 2.75) is 31.9 Å². The standard InChI is InChI=1S/C18H28FN3O2/c1-4-20-17(21-14-18(23-3)9-11-24-12-10-18)22(2)13-15-5-7-16(19)8-6-15/h5-8H,4,9-14H2,1-3H3,(H,20,21). The molecule has 0 amide bonds. The Morgan fingerprint density at radius 3 is 2.58 bits per heavy atom. The van der Waals surface area contributed by atoms with E-state index in [0.717, 1.165) is 30.9 Å². The van der Waals surface area contributed by atoms with Crippen LogP contribution < -0.4 is 5.32 Å². The van der Waals surface area contributed by atoms with E-state index in [2.05, 4.69) is 5.32 Å². The molecule has 0 saturated carbocycles. The van der Waals surface area contributed by atoms with Gasteiger partial charge in [-0.2, -0.15) is 0 Å². The first-order valence-electron chi connectivity index (χ1n) is 8.45. The van der Waals surface area contributed by atoms with Gasteiger partial charge in [0.05, 0.1) is 12.1 Å². The third kappa shape index (κ3) is 5.18. The predicted molar refractivity (Wildman–Crippen MR) is 93.6 cm³/mol. The van der Waals surface area contributed by atoms with E-state index >= 15 is 0 Å². The normalized spacial score (nSPS) is 17.6. The van der Waals surface area contributed by atoms with Crippen molar-refractivity contribution >= 4 is 5.96 Å². The zero-order valence-electron chi connectivity index (χ0n) is 14.8. The van der Waals surface area contributed by atoms with Gasteiger partial charge in [0.25, 0.3) is 0 Å². The van der Waals surface area contributed by atoms with Gasteiger partial charge >= 0.3 is 0 Å². The van der Waals surface area contributed by atoms with Crippen LogP contribution in [0.15, 0.2) is 29.3 Å². The monoisotopic (exact) mass is 337 g/mol. The van der Waals surface area contributed by atoms with Crippen LogP contribution in [-0.4, -0.2) is 56.9 Å². The Balaban J connectivity index is 2.04. The third-order valence-corrected chi connectivity index (χ3v) is 4.38. The topological polar surface area (TPSA) is 46.1 Å². The molecule has 24 heavy (non-hydrogen) atoms. The van der Waals surface area contributed by atoms with Gasteiger partial charge in [0.15, 0.2) is 5.96 Å². The molecular formula is C18H28FN3O2. The van der Waals surface area contributed by atoms with Crippen LogP contribution in [0.25, 0.3) is 0 Å². The summed E-state index contributed by atoms with van der Waals surface area (Å²) in [5, 5.41) is 3.31. The quantitative estimate of drug-likeness (QED) is 0.640. The van der Waals surface area contributed by atoms with Crippen LogP contribution in [0.3, 0.4) is 0 Å². The maximum Gasteiger partial charge on any atom is 0.194 e. The molecule has 0 spiro atoms. The number of hydrogen-bond acceptors (Lipinski definition) is 3. The fourth-order valence-electron chi connectivity index (χ4n) is 2.80. The first kappa shape index (κ1) is 18.7. The Bertz CT molecular complexity index is 528. The molecule has 0 atom stereocenters. The molecule has 1 saturated heterocycles. The molecule has 5 nitrogen and oxygen atoms in total. The summed E-state index contributed by atoms with van der Waals surface area (Å²) < 4.78 is 24.2. The van der Waals surface area contributed by atoms with E-state index < -0.39 is 0 Å². The Hall–Kier alpha value is -1.66. The number of aliphatic imine (C=N–C) groups is 1. The van der Waals surface area contributed by atoms with Crippen molar-refractivity contribution in [3.63, 3.8) is 0 Å². The van der Waals surface area contributed by atoms with Gasteiger partial charge in [0.2, 0.25) is 0 Å². The molecule has 0 bridgehead atoms. The van der Waals surface area contributed by atoms with Gasteiger partial charge in [-0.3, -0.25) is 4.99 Å². The van der Waals surface area contributed by atoms with Crippen LogP contribution in [0.4, 0.5) is 4.39 Å². The molecule has 1 heterocycles. The van der Waals surface area contributed by atoms with Crippen molar-refractivity contribution in [3.05, 3.63) is 35.6 Å². The van der Waals surface area contributed by atoms with Crippen molar-refractivity contribution in [1.29, 1.82) is 0 Å². The molecule has 1 aromatic rings. The molecule has 1 N–H and O–H groups in total. The summed E-state index contributed by atoms with van der Waals surface area (Å²) >= 11 is 0. The van der Waals surface area contributed by atoms with Crippen LogP contribution in [0, 0.1) is 5.82 Å². The fraction of sp³-hybridized carbons (Fsp3) is 0.611. The zero-order chi connectivity index (χ0) is 17.4. The van der Waals surface area contributed by atoms with Crippen LogP contribution in [0.1, 0.15) is 25.3 Å². The summed E-state index contributed by atoms with van der Waals surface area (Å²) in [5.74, 6) is 0.605. The third-order valence-electron chi connectivity index (χ3n) is 4.38. The highest BCUT2D eigenvalue weighted by atomic mass is 19.1. The van der Waals surface area contributed by atoms with Crippen molar-refractivity contribution in [2.24, 2.45) is 4.99 Å². The van der Waals surface area contributed by atoms with Gasteiger partial charge in [-0.1, -0.05) is 12.1 Å². The number of nitrogens with one attached hydrogen (secondary N) is 1. The first-order chi connectivity index (χ1) is 11.6. The Morgan fingerprint density at radius 1 is 1.33 bits per heavy atom. The smallest absolute Gasteiger partial charge is 0.194 e. The number of rotatable bonds is 6. The fourth-order valence-corrected chi connectivity index (χ4v) is 2.80. The van der Waals surface area contributed by atoms with Crippen molar-refractivity contribution in [3.8, 4) is 0 Å². The Labute approximate surface area is 143 Å². The molecular weight excluding hydrogens is 309 g/mol. The highest BCUT2D eigenvalue weighted by Crippen LogP contribution is 2.24.